The van der Waals surface area contributed by atoms with Crippen LogP contribution in [0.4, 0.5) is 14.5 Å². The number of piperidine rings is 1. The maximum absolute atomic E-state index is 14.3. The van der Waals surface area contributed by atoms with Gasteiger partial charge in [0.1, 0.15) is 5.82 Å². The molecule has 1 atom stereocenters. The first-order chi connectivity index (χ1) is 18.7. The molecule has 1 aliphatic heterocycles. The molecule has 1 amide bonds. The van der Waals surface area contributed by atoms with E-state index >= 15 is 0 Å². The molecule has 7 nitrogen and oxygen atoms in total. The number of ether oxygens (including phenoxy) is 1. The van der Waals surface area contributed by atoms with Crippen LogP contribution in [0.25, 0.3) is 16.6 Å². The minimum absolute atomic E-state index is 0.0572. The van der Waals surface area contributed by atoms with E-state index in [0.29, 0.717) is 47.4 Å². The lowest BCUT2D eigenvalue weighted by molar-refractivity contribution is -0.120. The monoisotopic (exact) mass is 536 g/mol. The van der Waals surface area contributed by atoms with Crippen LogP contribution in [0.1, 0.15) is 82.3 Å². The minimum Gasteiger partial charge on any atom is -0.512 e. The lowest BCUT2D eigenvalue weighted by atomic mass is 9.91. The largest absolute Gasteiger partial charge is 0.512 e. The van der Waals surface area contributed by atoms with Crippen molar-refractivity contribution in [1.82, 2.24) is 9.55 Å². The Morgan fingerprint density at radius 3 is 2.44 bits per heavy atom. The molecule has 2 fully saturated rings. The summed E-state index contributed by atoms with van der Waals surface area (Å²) in [6.45, 7) is 3.19. The fourth-order valence-electron chi connectivity index (χ4n) is 6.20. The summed E-state index contributed by atoms with van der Waals surface area (Å²) in [5.41, 5.74) is 3.28. The number of halogens is 2. The van der Waals surface area contributed by atoms with Crippen LogP contribution in [-0.4, -0.2) is 39.5 Å². The number of carbonyl (C=O) groups is 1. The molecule has 2 N–H and O–H groups in total. The summed E-state index contributed by atoms with van der Waals surface area (Å²) in [5.74, 6) is -1.35. The topological polar surface area (TPSA) is 91.4 Å². The predicted octanol–water partition coefficient (Wildman–Crippen LogP) is 7.03. The average molecular weight is 537 g/mol. The van der Waals surface area contributed by atoms with E-state index in [4.69, 9.17) is 15.1 Å². The van der Waals surface area contributed by atoms with Gasteiger partial charge in [0, 0.05) is 42.6 Å². The van der Waals surface area contributed by atoms with E-state index in [0.717, 1.165) is 43.3 Å². The highest BCUT2D eigenvalue weighted by Gasteiger charge is 2.36. The van der Waals surface area contributed by atoms with E-state index in [9.17, 15) is 18.7 Å². The van der Waals surface area contributed by atoms with Gasteiger partial charge in [-0.3, -0.25) is 4.79 Å². The van der Waals surface area contributed by atoms with Gasteiger partial charge in [0.05, 0.1) is 28.9 Å². The highest BCUT2D eigenvalue weighted by molar-refractivity contribution is 6.22. The molecule has 1 saturated carbocycles. The number of imidazole rings is 1. The van der Waals surface area contributed by atoms with Gasteiger partial charge in [0.25, 0.3) is 0 Å². The first kappa shape index (κ1) is 27.0. The first-order valence-electron chi connectivity index (χ1n) is 13.5. The quantitative estimate of drug-likeness (QED) is 0.261. The summed E-state index contributed by atoms with van der Waals surface area (Å²) in [6.07, 6.45) is 5.39. The van der Waals surface area contributed by atoms with Crippen molar-refractivity contribution in [2.75, 3.05) is 12.0 Å². The molecule has 1 saturated heterocycles. The van der Waals surface area contributed by atoms with Gasteiger partial charge in [-0.2, -0.15) is 0 Å². The summed E-state index contributed by atoms with van der Waals surface area (Å²) in [5, 5.41) is 18.4. The number of rotatable bonds is 6. The van der Waals surface area contributed by atoms with Crippen molar-refractivity contribution < 1.29 is 23.4 Å². The molecule has 0 radical (unpaired) electrons. The zero-order chi connectivity index (χ0) is 27.8. The number of hydrogen-bond acceptors (Lipinski definition) is 5. The van der Waals surface area contributed by atoms with Crippen LogP contribution in [0.3, 0.4) is 0 Å². The van der Waals surface area contributed by atoms with Crippen LogP contribution in [0.5, 0.6) is 0 Å². The first-order valence-corrected chi connectivity index (χ1v) is 13.5. The number of amides is 1. The standard InChI is InChI=1S/C30H34F2N4O3/c1-17(33)29(18(2)37)19-7-14-26-25(15-19)34-30(36(26)20-8-11-22(39-3)12-9-20)27-5-4-6-28(38)35(27)21-10-13-23(31)24(32)16-21/h7,10,13-16,20,22,27,33,37H,4-6,8-9,11-12H2,1-3H3/b29-18+,33-17?. The Morgan fingerprint density at radius 1 is 1.05 bits per heavy atom. The Hall–Kier alpha value is -3.59. The molecule has 1 unspecified atom stereocenters. The Labute approximate surface area is 226 Å². The van der Waals surface area contributed by atoms with Gasteiger partial charge in [0.15, 0.2) is 11.6 Å². The Balaban J connectivity index is 1.67. The Morgan fingerprint density at radius 2 is 1.79 bits per heavy atom. The third kappa shape index (κ3) is 5.07. The van der Waals surface area contributed by atoms with E-state index < -0.39 is 17.7 Å². The number of nitrogens with one attached hydrogen (secondary N) is 1. The number of fused-ring (bicyclic) bond motifs is 1. The van der Waals surface area contributed by atoms with Crippen molar-refractivity contribution in [3.8, 4) is 0 Å². The zero-order valence-electron chi connectivity index (χ0n) is 22.5. The van der Waals surface area contributed by atoms with Crippen LogP contribution < -0.4 is 4.90 Å². The Kier molecular flexibility index (Phi) is 7.53. The van der Waals surface area contributed by atoms with Crippen molar-refractivity contribution in [3.63, 3.8) is 0 Å². The lowest BCUT2D eigenvalue weighted by Gasteiger charge is -2.37. The molecule has 2 aromatic carbocycles. The normalized spacial score (nSPS) is 22.7. The molecule has 1 aromatic heterocycles. The lowest BCUT2D eigenvalue weighted by Crippen LogP contribution is -2.40. The van der Waals surface area contributed by atoms with E-state index in [2.05, 4.69) is 4.57 Å². The number of carbonyl (C=O) groups excluding carboxylic acids is 1. The van der Waals surface area contributed by atoms with Crippen LogP contribution >= 0.6 is 0 Å². The molecule has 5 rings (SSSR count). The summed E-state index contributed by atoms with van der Waals surface area (Å²) in [4.78, 5) is 19.9. The van der Waals surface area contributed by atoms with Crippen LogP contribution in [-0.2, 0) is 9.53 Å². The molecule has 0 spiro atoms. The fourth-order valence-corrected chi connectivity index (χ4v) is 6.20. The molecule has 3 aromatic rings. The van der Waals surface area contributed by atoms with Crippen molar-refractivity contribution in [2.24, 2.45) is 0 Å². The minimum atomic E-state index is -0.999. The van der Waals surface area contributed by atoms with E-state index in [1.165, 1.54) is 6.07 Å². The fraction of sp³-hybridized carbons (Fsp3) is 0.433. The third-order valence-electron chi connectivity index (χ3n) is 8.01. The number of benzene rings is 2. The molecule has 2 heterocycles. The maximum atomic E-state index is 14.3. The molecule has 1 aliphatic carbocycles. The Bertz CT molecular complexity index is 1450. The SMILES string of the molecule is COC1CCC(n2c(C3CCCC(=O)N3c3ccc(F)c(F)c3)nc3cc(/C(C(C)=N)=C(\C)O)ccc32)CC1. The van der Waals surface area contributed by atoms with Gasteiger partial charge in [-0.1, -0.05) is 6.07 Å². The van der Waals surface area contributed by atoms with E-state index in [-0.39, 0.29) is 29.5 Å². The molecule has 0 bridgehead atoms. The number of aliphatic hydroxyl groups is 1. The van der Waals surface area contributed by atoms with Crippen LogP contribution in [0.15, 0.2) is 42.2 Å². The average Bonchev–Trinajstić information content (AvgIpc) is 3.28. The number of aromatic nitrogens is 2. The van der Waals surface area contributed by atoms with E-state index in [1.807, 2.05) is 18.2 Å². The summed E-state index contributed by atoms with van der Waals surface area (Å²) >= 11 is 0. The van der Waals surface area contributed by atoms with Crippen molar-refractivity contribution >= 4 is 33.9 Å². The second-order valence-electron chi connectivity index (χ2n) is 10.6. The van der Waals surface area contributed by atoms with Crippen molar-refractivity contribution in [3.05, 3.63) is 65.2 Å². The van der Waals surface area contributed by atoms with Gasteiger partial charge in [-0.15, -0.1) is 0 Å². The molecular formula is C30H34F2N4O3. The summed E-state index contributed by atoms with van der Waals surface area (Å²) < 4.78 is 35.8. The number of anilines is 1. The smallest absolute Gasteiger partial charge is 0.227 e. The van der Waals surface area contributed by atoms with E-state index in [1.54, 1.807) is 25.9 Å². The van der Waals surface area contributed by atoms with Gasteiger partial charge in [0.2, 0.25) is 5.91 Å². The highest BCUT2D eigenvalue weighted by atomic mass is 19.2. The van der Waals surface area contributed by atoms with Gasteiger partial charge in [-0.25, -0.2) is 13.8 Å². The van der Waals surface area contributed by atoms with Gasteiger partial charge < -0.3 is 24.7 Å². The van der Waals surface area contributed by atoms with Gasteiger partial charge >= 0.3 is 0 Å². The van der Waals surface area contributed by atoms with Crippen LogP contribution in [0.2, 0.25) is 0 Å². The number of hydrogen-bond donors (Lipinski definition) is 2. The molecule has 9 heteroatoms. The van der Waals surface area contributed by atoms with Crippen LogP contribution in [0, 0.1) is 17.0 Å². The molecular weight excluding hydrogens is 502 g/mol. The second kappa shape index (κ2) is 10.9. The number of aliphatic hydroxyl groups excluding tert-OH is 1. The molecule has 39 heavy (non-hydrogen) atoms. The number of allylic oxidation sites excluding steroid dienone is 2. The zero-order valence-corrected chi connectivity index (χ0v) is 22.5. The number of methoxy groups -OCH3 is 1. The maximum Gasteiger partial charge on any atom is 0.227 e. The molecule has 206 valence electrons. The van der Waals surface area contributed by atoms with Crippen molar-refractivity contribution in [1.29, 1.82) is 5.41 Å². The highest BCUT2D eigenvalue weighted by Crippen LogP contribution is 2.41. The third-order valence-corrected chi connectivity index (χ3v) is 8.01. The summed E-state index contributed by atoms with van der Waals surface area (Å²) in [7, 11) is 1.73. The van der Waals surface area contributed by atoms with Crippen molar-refractivity contribution in [2.45, 2.75) is 77.0 Å². The molecule has 2 aliphatic rings. The second-order valence-corrected chi connectivity index (χ2v) is 10.6. The number of nitrogens with zero attached hydrogens (tertiary/aromatic N) is 3. The predicted molar refractivity (Wildman–Crippen MR) is 147 cm³/mol. The van der Waals surface area contributed by atoms with Gasteiger partial charge in [-0.05, 0) is 82.2 Å². The summed E-state index contributed by atoms with van der Waals surface area (Å²) in [6, 6.07) is 8.97.